The van der Waals surface area contributed by atoms with E-state index in [0.717, 1.165) is 0 Å². The Hall–Kier alpha value is -2.57. The second kappa shape index (κ2) is 5.60. The van der Waals surface area contributed by atoms with E-state index in [9.17, 15) is 19.5 Å². The standard InChI is InChI=1S/C13H14N2O5/c16-10-3-1-9(2-4-10)15-7-8(5-11(15)17)13(20)14-6-12(18)19/h1-4,8,16H,5-7H2,(H,14,20)(H,18,19). The molecule has 1 aromatic carbocycles. The number of phenols is 1. The van der Waals surface area contributed by atoms with Crippen molar-refractivity contribution in [1.82, 2.24) is 5.32 Å². The van der Waals surface area contributed by atoms with Crippen molar-refractivity contribution in [3.05, 3.63) is 24.3 Å². The van der Waals surface area contributed by atoms with Crippen LogP contribution in [0.2, 0.25) is 0 Å². The summed E-state index contributed by atoms with van der Waals surface area (Å²) < 4.78 is 0. The maximum atomic E-state index is 11.9. The van der Waals surface area contributed by atoms with Crippen molar-refractivity contribution in [2.45, 2.75) is 6.42 Å². The van der Waals surface area contributed by atoms with E-state index in [4.69, 9.17) is 5.11 Å². The van der Waals surface area contributed by atoms with Gasteiger partial charge in [0.25, 0.3) is 0 Å². The molecule has 7 nitrogen and oxygen atoms in total. The fraction of sp³-hybridized carbons (Fsp3) is 0.308. The summed E-state index contributed by atoms with van der Waals surface area (Å²) >= 11 is 0. The van der Waals surface area contributed by atoms with Gasteiger partial charge in [0.05, 0.1) is 5.92 Å². The highest BCUT2D eigenvalue weighted by atomic mass is 16.4. The fourth-order valence-electron chi connectivity index (χ4n) is 2.07. The lowest BCUT2D eigenvalue weighted by molar-refractivity contribution is -0.138. The van der Waals surface area contributed by atoms with Crippen LogP contribution in [0.3, 0.4) is 0 Å². The van der Waals surface area contributed by atoms with Crippen LogP contribution in [0, 0.1) is 5.92 Å². The Morgan fingerprint density at radius 2 is 1.95 bits per heavy atom. The molecule has 3 N–H and O–H groups in total. The van der Waals surface area contributed by atoms with E-state index < -0.39 is 24.3 Å². The third-order valence-electron chi connectivity index (χ3n) is 3.07. The van der Waals surface area contributed by atoms with Crippen LogP contribution in [0.1, 0.15) is 6.42 Å². The molecule has 0 radical (unpaired) electrons. The van der Waals surface area contributed by atoms with Crippen LogP contribution in [-0.4, -0.2) is 41.1 Å². The van der Waals surface area contributed by atoms with Crippen LogP contribution in [0.25, 0.3) is 0 Å². The molecule has 1 heterocycles. The molecule has 0 aliphatic carbocycles. The van der Waals surface area contributed by atoms with Crippen LogP contribution < -0.4 is 10.2 Å². The molecular formula is C13H14N2O5. The highest BCUT2D eigenvalue weighted by Crippen LogP contribution is 2.26. The molecule has 7 heteroatoms. The molecular weight excluding hydrogens is 264 g/mol. The number of nitrogens with one attached hydrogen (secondary N) is 1. The average molecular weight is 278 g/mol. The van der Waals surface area contributed by atoms with E-state index >= 15 is 0 Å². The van der Waals surface area contributed by atoms with Gasteiger partial charge in [-0.3, -0.25) is 14.4 Å². The first-order chi connectivity index (χ1) is 9.47. The van der Waals surface area contributed by atoms with Crippen LogP contribution in [0.5, 0.6) is 5.75 Å². The molecule has 1 aliphatic heterocycles. The zero-order chi connectivity index (χ0) is 14.7. The minimum absolute atomic E-state index is 0.0479. The van der Waals surface area contributed by atoms with Crippen LogP contribution in [0.4, 0.5) is 5.69 Å². The minimum atomic E-state index is -1.13. The quantitative estimate of drug-likeness (QED) is 0.715. The Bertz CT molecular complexity index is 540. The summed E-state index contributed by atoms with van der Waals surface area (Å²) in [5.74, 6) is -2.24. The summed E-state index contributed by atoms with van der Waals surface area (Å²) in [5, 5.41) is 20.0. The number of rotatable bonds is 4. The number of aliphatic carboxylic acids is 1. The Morgan fingerprint density at radius 1 is 1.30 bits per heavy atom. The van der Waals surface area contributed by atoms with E-state index in [0.29, 0.717) is 5.69 Å². The van der Waals surface area contributed by atoms with Gasteiger partial charge >= 0.3 is 5.97 Å². The van der Waals surface area contributed by atoms with E-state index in [-0.39, 0.29) is 24.6 Å². The molecule has 1 atom stereocenters. The van der Waals surface area contributed by atoms with Crippen molar-refractivity contribution in [1.29, 1.82) is 0 Å². The molecule has 1 aliphatic rings. The lowest BCUT2D eigenvalue weighted by atomic mass is 10.1. The van der Waals surface area contributed by atoms with Gasteiger partial charge in [-0.25, -0.2) is 0 Å². The number of phenolic OH excluding ortho intramolecular Hbond substituents is 1. The number of hydrogen-bond donors (Lipinski definition) is 3. The molecule has 1 fully saturated rings. The number of carbonyl (C=O) groups excluding carboxylic acids is 2. The first kappa shape index (κ1) is 13.9. The van der Waals surface area contributed by atoms with Crippen LogP contribution in [0.15, 0.2) is 24.3 Å². The van der Waals surface area contributed by atoms with Gasteiger partial charge in [0.2, 0.25) is 11.8 Å². The van der Waals surface area contributed by atoms with Gasteiger partial charge < -0.3 is 20.4 Å². The fourth-order valence-corrected chi connectivity index (χ4v) is 2.07. The van der Waals surface area contributed by atoms with Gasteiger partial charge in [-0.1, -0.05) is 0 Å². The summed E-state index contributed by atoms with van der Waals surface area (Å²) in [5.41, 5.74) is 0.598. The number of carboxylic acids is 1. The summed E-state index contributed by atoms with van der Waals surface area (Å²) in [6, 6.07) is 6.09. The topological polar surface area (TPSA) is 107 Å². The van der Waals surface area contributed by atoms with Gasteiger partial charge in [-0.15, -0.1) is 0 Å². The summed E-state index contributed by atoms with van der Waals surface area (Å²) in [7, 11) is 0. The first-order valence-electron chi connectivity index (χ1n) is 6.06. The summed E-state index contributed by atoms with van der Waals surface area (Å²) in [6.45, 7) is -0.252. The van der Waals surface area contributed by atoms with Gasteiger partial charge in [0, 0.05) is 18.7 Å². The van der Waals surface area contributed by atoms with Crippen molar-refractivity contribution in [3.63, 3.8) is 0 Å². The largest absolute Gasteiger partial charge is 0.508 e. The van der Waals surface area contributed by atoms with Gasteiger partial charge in [-0.2, -0.15) is 0 Å². The maximum Gasteiger partial charge on any atom is 0.322 e. The van der Waals surface area contributed by atoms with Gasteiger partial charge in [-0.05, 0) is 24.3 Å². The molecule has 2 amide bonds. The zero-order valence-corrected chi connectivity index (χ0v) is 10.6. The number of nitrogens with zero attached hydrogens (tertiary/aromatic N) is 1. The number of carboxylic acid groups (broad SMARTS) is 1. The Balaban J connectivity index is 2.01. The second-order valence-corrected chi connectivity index (χ2v) is 4.53. The number of hydrogen-bond acceptors (Lipinski definition) is 4. The maximum absolute atomic E-state index is 11.9. The van der Waals surface area contributed by atoms with Crippen LogP contribution >= 0.6 is 0 Å². The van der Waals surface area contributed by atoms with E-state index in [2.05, 4.69) is 5.32 Å². The minimum Gasteiger partial charge on any atom is -0.508 e. The Labute approximate surface area is 114 Å². The van der Waals surface area contributed by atoms with E-state index in [1.807, 2.05) is 0 Å². The lowest BCUT2D eigenvalue weighted by Crippen LogP contribution is -2.36. The number of carbonyl (C=O) groups is 3. The van der Waals surface area contributed by atoms with Crippen molar-refractivity contribution >= 4 is 23.5 Å². The molecule has 0 saturated carbocycles. The van der Waals surface area contributed by atoms with Crippen molar-refractivity contribution in [2.24, 2.45) is 5.92 Å². The third kappa shape index (κ3) is 3.05. The highest BCUT2D eigenvalue weighted by Gasteiger charge is 2.35. The SMILES string of the molecule is O=C(O)CNC(=O)C1CC(=O)N(c2ccc(O)cc2)C1. The third-order valence-corrected chi connectivity index (χ3v) is 3.07. The molecule has 0 spiro atoms. The van der Waals surface area contributed by atoms with Crippen molar-refractivity contribution in [3.8, 4) is 5.75 Å². The predicted molar refractivity (Wildman–Crippen MR) is 69.2 cm³/mol. The first-order valence-corrected chi connectivity index (χ1v) is 6.06. The Morgan fingerprint density at radius 3 is 2.55 bits per heavy atom. The molecule has 0 bridgehead atoms. The molecule has 0 aromatic heterocycles. The smallest absolute Gasteiger partial charge is 0.322 e. The molecule has 1 aromatic rings. The normalized spacial score (nSPS) is 18.1. The van der Waals surface area contributed by atoms with Gasteiger partial charge in [0.1, 0.15) is 12.3 Å². The van der Waals surface area contributed by atoms with Gasteiger partial charge in [0.15, 0.2) is 0 Å². The molecule has 1 unspecified atom stereocenters. The Kier molecular flexibility index (Phi) is 3.88. The number of aromatic hydroxyl groups is 1. The molecule has 106 valence electrons. The summed E-state index contributed by atoms with van der Waals surface area (Å²) in [6.07, 6.45) is 0.0479. The van der Waals surface area contributed by atoms with E-state index in [1.54, 1.807) is 12.1 Å². The zero-order valence-electron chi connectivity index (χ0n) is 10.6. The average Bonchev–Trinajstić information content (AvgIpc) is 2.79. The molecule has 20 heavy (non-hydrogen) atoms. The predicted octanol–water partition coefficient (Wildman–Crippen LogP) is -0.0541. The summed E-state index contributed by atoms with van der Waals surface area (Å²) in [4.78, 5) is 35.4. The molecule has 1 saturated heterocycles. The molecule has 2 rings (SSSR count). The van der Waals surface area contributed by atoms with E-state index in [1.165, 1.54) is 17.0 Å². The monoisotopic (exact) mass is 278 g/mol. The van der Waals surface area contributed by atoms with Crippen LogP contribution in [-0.2, 0) is 14.4 Å². The lowest BCUT2D eigenvalue weighted by Gasteiger charge is -2.16. The number of amides is 2. The van der Waals surface area contributed by atoms with Crippen molar-refractivity contribution < 1.29 is 24.6 Å². The second-order valence-electron chi connectivity index (χ2n) is 4.53. The number of benzene rings is 1. The number of anilines is 1. The highest BCUT2D eigenvalue weighted by molar-refractivity contribution is 6.00. The van der Waals surface area contributed by atoms with Crippen molar-refractivity contribution in [2.75, 3.05) is 18.0 Å².